The molecule has 0 N–H and O–H groups in total. The number of benzene rings is 1. The number of thioether (sulfide) groups is 1. The molecule has 0 aromatic heterocycles. The number of ether oxygens (including phenoxy) is 2. The zero-order chi connectivity index (χ0) is 14.8. The zero-order valence-electron chi connectivity index (χ0n) is 11.8. The largest absolute Gasteiger partial charge is 0.383 e. The van der Waals surface area contributed by atoms with E-state index in [0.717, 1.165) is 4.90 Å². The zero-order valence-corrected chi connectivity index (χ0v) is 13.4. The molecule has 1 aromatic carbocycles. The molecular weight excluding hydrogens is 298 g/mol. The van der Waals surface area contributed by atoms with Crippen molar-refractivity contribution in [2.45, 2.75) is 4.90 Å². The monoisotopic (exact) mass is 317 g/mol. The van der Waals surface area contributed by atoms with Crippen molar-refractivity contribution in [2.75, 3.05) is 46.3 Å². The highest BCUT2D eigenvalue weighted by atomic mass is 35.5. The lowest BCUT2D eigenvalue weighted by molar-refractivity contribution is -0.129. The summed E-state index contributed by atoms with van der Waals surface area (Å²) in [5.41, 5.74) is 0. The third kappa shape index (κ3) is 6.13. The van der Waals surface area contributed by atoms with Crippen molar-refractivity contribution in [1.29, 1.82) is 0 Å². The average Bonchev–Trinajstić information content (AvgIpc) is 2.46. The van der Waals surface area contributed by atoms with Crippen LogP contribution < -0.4 is 0 Å². The molecule has 0 aliphatic heterocycles. The second-order valence-electron chi connectivity index (χ2n) is 4.09. The molecule has 4 nitrogen and oxygen atoms in total. The Bertz CT molecular complexity index is 409. The fraction of sp³-hybridized carbons (Fsp3) is 0.500. The van der Waals surface area contributed by atoms with E-state index in [2.05, 4.69) is 0 Å². The van der Waals surface area contributed by atoms with Crippen LogP contribution >= 0.6 is 23.4 Å². The standard InChI is InChI=1S/C14H20ClNO3S/c1-18-9-7-16(8-10-19-2)14(17)11-20-13-6-4-3-5-12(13)15/h3-6H,7-11H2,1-2H3. The third-order valence-corrected chi connectivity index (χ3v) is 4.17. The van der Waals surface area contributed by atoms with Crippen molar-refractivity contribution in [3.8, 4) is 0 Å². The molecule has 20 heavy (non-hydrogen) atoms. The molecule has 0 atom stereocenters. The summed E-state index contributed by atoms with van der Waals surface area (Å²) in [5, 5.41) is 0.672. The molecule has 112 valence electrons. The van der Waals surface area contributed by atoms with E-state index in [4.69, 9.17) is 21.1 Å². The van der Waals surface area contributed by atoms with Gasteiger partial charge in [0.2, 0.25) is 5.91 Å². The Kier molecular flexibility index (Phi) is 8.69. The van der Waals surface area contributed by atoms with Crippen LogP contribution in [-0.4, -0.2) is 57.1 Å². The van der Waals surface area contributed by atoms with Gasteiger partial charge in [-0.3, -0.25) is 4.79 Å². The lowest BCUT2D eigenvalue weighted by Gasteiger charge is -2.22. The van der Waals surface area contributed by atoms with E-state index in [1.165, 1.54) is 11.8 Å². The number of amides is 1. The van der Waals surface area contributed by atoms with Gasteiger partial charge in [0, 0.05) is 32.2 Å². The number of carbonyl (C=O) groups excluding carboxylic acids is 1. The van der Waals surface area contributed by atoms with E-state index in [1.54, 1.807) is 19.1 Å². The topological polar surface area (TPSA) is 38.8 Å². The van der Waals surface area contributed by atoms with Gasteiger partial charge in [-0.25, -0.2) is 0 Å². The molecule has 0 fully saturated rings. The number of halogens is 1. The van der Waals surface area contributed by atoms with Gasteiger partial charge < -0.3 is 14.4 Å². The van der Waals surface area contributed by atoms with Crippen molar-refractivity contribution in [3.05, 3.63) is 29.3 Å². The summed E-state index contributed by atoms with van der Waals surface area (Å²) in [6.07, 6.45) is 0. The number of hydrogen-bond donors (Lipinski definition) is 0. The second kappa shape index (κ2) is 10.0. The van der Waals surface area contributed by atoms with Gasteiger partial charge in [0.15, 0.2) is 0 Å². The van der Waals surface area contributed by atoms with Gasteiger partial charge in [0.25, 0.3) is 0 Å². The van der Waals surface area contributed by atoms with E-state index < -0.39 is 0 Å². The van der Waals surface area contributed by atoms with E-state index in [1.807, 2.05) is 24.3 Å². The van der Waals surface area contributed by atoms with Crippen LogP contribution in [0.25, 0.3) is 0 Å². The molecule has 0 heterocycles. The third-order valence-electron chi connectivity index (χ3n) is 2.67. The Morgan fingerprint density at radius 2 is 1.80 bits per heavy atom. The van der Waals surface area contributed by atoms with Crippen LogP contribution in [0.1, 0.15) is 0 Å². The molecule has 1 aromatic rings. The van der Waals surface area contributed by atoms with Gasteiger partial charge in [-0.1, -0.05) is 23.7 Å². The summed E-state index contributed by atoms with van der Waals surface area (Å²) in [4.78, 5) is 14.9. The van der Waals surface area contributed by atoms with Crippen LogP contribution in [0.5, 0.6) is 0 Å². The van der Waals surface area contributed by atoms with Crippen LogP contribution in [0.3, 0.4) is 0 Å². The fourth-order valence-corrected chi connectivity index (χ4v) is 2.70. The van der Waals surface area contributed by atoms with Crippen LogP contribution in [-0.2, 0) is 14.3 Å². The minimum absolute atomic E-state index is 0.0593. The number of nitrogens with zero attached hydrogens (tertiary/aromatic N) is 1. The molecule has 0 aliphatic carbocycles. The highest BCUT2D eigenvalue weighted by Crippen LogP contribution is 2.26. The van der Waals surface area contributed by atoms with E-state index in [9.17, 15) is 4.79 Å². The molecule has 0 spiro atoms. The Hall–Kier alpha value is -0.750. The summed E-state index contributed by atoms with van der Waals surface area (Å²) in [6, 6.07) is 7.51. The van der Waals surface area contributed by atoms with Crippen molar-refractivity contribution >= 4 is 29.3 Å². The normalized spacial score (nSPS) is 10.6. The maximum Gasteiger partial charge on any atom is 0.233 e. The van der Waals surface area contributed by atoms with Gasteiger partial charge in [0.1, 0.15) is 0 Å². The highest BCUT2D eigenvalue weighted by molar-refractivity contribution is 8.00. The fourth-order valence-electron chi connectivity index (χ4n) is 1.56. The average molecular weight is 318 g/mol. The van der Waals surface area contributed by atoms with Gasteiger partial charge >= 0.3 is 0 Å². The van der Waals surface area contributed by atoms with Gasteiger partial charge in [-0.05, 0) is 12.1 Å². The SMILES string of the molecule is COCCN(CCOC)C(=O)CSc1ccccc1Cl. The van der Waals surface area contributed by atoms with Crippen molar-refractivity contribution in [2.24, 2.45) is 0 Å². The van der Waals surface area contributed by atoms with Crippen LogP contribution in [0.2, 0.25) is 5.02 Å². The molecule has 0 aliphatic rings. The van der Waals surface area contributed by atoms with Crippen LogP contribution in [0.15, 0.2) is 29.2 Å². The second-order valence-corrected chi connectivity index (χ2v) is 5.51. The van der Waals surface area contributed by atoms with Crippen LogP contribution in [0.4, 0.5) is 0 Å². The van der Waals surface area contributed by atoms with Gasteiger partial charge in [-0.15, -0.1) is 11.8 Å². The smallest absolute Gasteiger partial charge is 0.233 e. The number of methoxy groups -OCH3 is 2. The Labute approximate surface area is 129 Å². The first-order valence-electron chi connectivity index (χ1n) is 6.32. The number of hydrogen-bond acceptors (Lipinski definition) is 4. The van der Waals surface area contributed by atoms with E-state index >= 15 is 0 Å². The minimum Gasteiger partial charge on any atom is -0.383 e. The van der Waals surface area contributed by atoms with Crippen molar-refractivity contribution < 1.29 is 14.3 Å². The lowest BCUT2D eigenvalue weighted by atomic mass is 10.4. The molecule has 6 heteroatoms. The molecule has 0 radical (unpaired) electrons. The molecule has 0 saturated carbocycles. The number of carbonyl (C=O) groups is 1. The minimum atomic E-state index is 0.0593. The first-order chi connectivity index (χ1) is 9.69. The molecule has 0 unspecified atom stereocenters. The summed E-state index contributed by atoms with van der Waals surface area (Å²) < 4.78 is 10.0. The predicted octanol–water partition coefficient (Wildman–Crippen LogP) is 2.55. The highest BCUT2D eigenvalue weighted by Gasteiger charge is 2.14. The Morgan fingerprint density at radius 1 is 1.20 bits per heavy atom. The summed E-state index contributed by atoms with van der Waals surface area (Å²) in [5.74, 6) is 0.418. The first kappa shape index (κ1) is 17.3. The Balaban J connectivity index is 2.50. The van der Waals surface area contributed by atoms with Crippen molar-refractivity contribution in [1.82, 2.24) is 4.90 Å². The maximum absolute atomic E-state index is 12.2. The van der Waals surface area contributed by atoms with Gasteiger partial charge in [0.05, 0.1) is 24.0 Å². The number of rotatable bonds is 9. The first-order valence-corrected chi connectivity index (χ1v) is 7.68. The van der Waals surface area contributed by atoms with Crippen molar-refractivity contribution in [3.63, 3.8) is 0 Å². The summed E-state index contributed by atoms with van der Waals surface area (Å²) in [6.45, 7) is 2.18. The summed E-state index contributed by atoms with van der Waals surface area (Å²) >= 11 is 7.51. The molecule has 1 amide bonds. The van der Waals surface area contributed by atoms with Crippen LogP contribution in [0, 0.1) is 0 Å². The summed E-state index contributed by atoms with van der Waals surface area (Å²) in [7, 11) is 3.24. The quantitative estimate of drug-likeness (QED) is 0.656. The Morgan fingerprint density at radius 3 is 2.35 bits per heavy atom. The molecule has 0 bridgehead atoms. The predicted molar refractivity (Wildman–Crippen MR) is 82.5 cm³/mol. The molecule has 1 rings (SSSR count). The lowest BCUT2D eigenvalue weighted by Crippen LogP contribution is -2.37. The van der Waals surface area contributed by atoms with E-state index in [0.29, 0.717) is 37.1 Å². The molecular formula is C14H20ClNO3S. The van der Waals surface area contributed by atoms with Gasteiger partial charge in [-0.2, -0.15) is 0 Å². The molecule has 0 saturated heterocycles. The van der Waals surface area contributed by atoms with E-state index in [-0.39, 0.29) is 5.91 Å². The maximum atomic E-state index is 12.2.